The minimum absolute atomic E-state index is 0.149. The smallest absolute Gasteiger partial charge is 0.305 e. The quantitative estimate of drug-likeness (QED) is 0.186. The molecular weight excluding hydrogens is 488 g/mol. The van der Waals surface area contributed by atoms with Gasteiger partial charge in [0.15, 0.2) is 8.32 Å². The van der Waals surface area contributed by atoms with Crippen LogP contribution in [-0.4, -0.2) is 66.3 Å². The van der Waals surface area contributed by atoms with Crippen molar-refractivity contribution in [3.8, 4) is 0 Å². The fraction of sp³-hybridized carbons (Fsp3) is 0.759. The van der Waals surface area contributed by atoms with E-state index in [0.717, 1.165) is 23.7 Å². The van der Waals surface area contributed by atoms with E-state index in [9.17, 15) is 4.79 Å². The van der Waals surface area contributed by atoms with Gasteiger partial charge in [0.05, 0.1) is 32.5 Å². The molecule has 0 amide bonds. The molecule has 0 radical (unpaired) electrons. The molecule has 0 saturated carbocycles. The van der Waals surface area contributed by atoms with Crippen LogP contribution in [0.2, 0.25) is 18.1 Å². The van der Waals surface area contributed by atoms with E-state index in [-0.39, 0.29) is 18.2 Å². The molecule has 0 N–H and O–H groups in total. The maximum absolute atomic E-state index is 11.7. The molecule has 0 aliphatic carbocycles. The first-order valence-corrected chi connectivity index (χ1v) is 16.3. The number of methoxy groups -OCH3 is 3. The van der Waals surface area contributed by atoms with Gasteiger partial charge in [0, 0.05) is 32.5 Å². The lowest BCUT2D eigenvalue weighted by Gasteiger charge is -2.57. The summed E-state index contributed by atoms with van der Waals surface area (Å²) in [5.41, 5.74) is 0.556. The third-order valence-electron chi connectivity index (χ3n) is 8.12. The van der Waals surface area contributed by atoms with E-state index < -0.39 is 25.6 Å². The summed E-state index contributed by atoms with van der Waals surface area (Å²) in [6.07, 6.45) is 1.64. The highest BCUT2D eigenvalue weighted by Crippen LogP contribution is 2.48. The van der Waals surface area contributed by atoms with E-state index in [2.05, 4.69) is 46.8 Å². The summed E-state index contributed by atoms with van der Waals surface area (Å²) in [6.45, 7) is 11.8. The van der Waals surface area contributed by atoms with Gasteiger partial charge in [-0.2, -0.15) is 0 Å². The summed E-state index contributed by atoms with van der Waals surface area (Å²) in [5, 5.41) is 0. The van der Waals surface area contributed by atoms with Crippen molar-refractivity contribution in [3.05, 3.63) is 35.9 Å². The van der Waals surface area contributed by atoms with Gasteiger partial charge in [0.1, 0.15) is 6.10 Å². The summed E-state index contributed by atoms with van der Waals surface area (Å²) in [5.74, 6) is -1.30. The first-order chi connectivity index (χ1) is 17.7. The third kappa shape index (κ3) is 7.86. The zero-order valence-corrected chi connectivity index (χ0v) is 25.3. The van der Waals surface area contributed by atoms with Crippen LogP contribution in [0.4, 0.5) is 0 Å². The summed E-state index contributed by atoms with van der Waals surface area (Å²) in [7, 11) is 2.82. The van der Waals surface area contributed by atoms with Crippen molar-refractivity contribution in [2.45, 2.75) is 109 Å². The number of carbonyl (C=O) groups excluding carboxylic acids is 1. The Morgan fingerprint density at radius 2 is 1.73 bits per heavy atom. The molecule has 8 heteroatoms. The molecule has 1 heterocycles. The van der Waals surface area contributed by atoms with E-state index in [0.29, 0.717) is 38.9 Å². The molecule has 2 rings (SSSR count). The summed E-state index contributed by atoms with van der Waals surface area (Å²) >= 11 is 0. The van der Waals surface area contributed by atoms with Crippen LogP contribution in [0.1, 0.15) is 65.9 Å². The minimum Gasteiger partial charge on any atom is -0.469 e. The van der Waals surface area contributed by atoms with Crippen LogP contribution in [0, 0.1) is 5.41 Å². The zero-order valence-electron chi connectivity index (χ0n) is 24.3. The van der Waals surface area contributed by atoms with Gasteiger partial charge < -0.3 is 28.1 Å². The molecule has 1 aliphatic heterocycles. The molecule has 0 unspecified atom stereocenters. The lowest BCUT2D eigenvalue weighted by molar-refractivity contribution is -0.376. The van der Waals surface area contributed by atoms with Gasteiger partial charge in [-0.15, -0.1) is 0 Å². The van der Waals surface area contributed by atoms with Crippen LogP contribution in [-0.2, 0) is 39.5 Å². The first-order valence-electron chi connectivity index (χ1n) is 13.8. The van der Waals surface area contributed by atoms with Crippen LogP contribution in [0.15, 0.2) is 30.3 Å². The second kappa shape index (κ2) is 14.7. The SMILES string of the molecule is CC[Si](CC)(CC)O[C@@H]1[C@H](OC)C[C@H](CCCC(=O)OC)O[C@]1(OC)C(C)(C)COCc1ccccc1. The van der Waals surface area contributed by atoms with Crippen LogP contribution in [0.25, 0.3) is 0 Å². The minimum atomic E-state index is -2.04. The van der Waals surface area contributed by atoms with Crippen molar-refractivity contribution in [1.29, 1.82) is 0 Å². The Morgan fingerprint density at radius 1 is 1.08 bits per heavy atom. The molecule has 212 valence electrons. The molecule has 1 aromatic carbocycles. The van der Waals surface area contributed by atoms with Gasteiger partial charge in [0.2, 0.25) is 5.79 Å². The van der Waals surface area contributed by atoms with E-state index in [4.69, 9.17) is 28.1 Å². The molecule has 1 fully saturated rings. The molecule has 1 aliphatic rings. The Labute approximate surface area is 225 Å². The van der Waals surface area contributed by atoms with Crippen molar-refractivity contribution in [2.75, 3.05) is 27.9 Å². The number of ether oxygens (including phenoxy) is 5. The van der Waals surface area contributed by atoms with E-state index >= 15 is 0 Å². The number of esters is 1. The largest absolute Gasteiger partial charge is 0.469 e. The molecule has 7 nitrogen and oxygen atoms in total. The van der Waals surface area contributed by atoms with Crippen molar-refractivity contribution in [2.24, 2.45) is 5.41 Å². The highest BCUT2D eigenvalue weighted by atomic mass is 28.4. The summed E-state index contributed by atoms with van der Waals surface area (Å²) in [4.78, 5) is 11.7. The zero-order chi connectivity index (χ0) is 27.5. The second-order valence-electron chi connectivity index (χ2n) is 10.7. The van der Waals surface area contributed by atoms with Crippen LogP contribution in [0.5, 0.6) is 0 Å². The molecule has 0 bridgehead atoms. The Hall–Kier alpha value is -1.29. The Bertz CT molecular complexity index is 790. The highest BCUT2D eigenvalue weighted by Gasteiger charge is 2.61. The third-order valence-corrected chi connectivity index (χ3v) is 12.7. The van der Waals surface area contributed by atoms with Crippen LogP contribution < -0.4 is 0 Å². The highest BCUT2D eigenvalue weighted by molar-refractivity contribution is 6.73. The monoisotopic (exact) mass is 538 g/mol. The van der Waals surface area contributed by atoms with Gasteiger partial charge in [0.25, 0.3) is 0 Å². The van der Waals surface area contributed by atoms with Gasteiger partial charge in [-0.3, -0.25) is 4.79 Å². The number of carbonyl (C=O) groups is 1. The second-order valence-corrected chi connectivity index (χ2v) is 15.5. The lowest BCUT2D eigenvalue weighted by atomic mass is 9.75. The predicted molar refractivity (Wildman–Crippen MR) is 148 cm³/mol. The lowest BCUT2D eigenvalue weighted by Crippen LogP contribution is -2.69. The number of hydrogen-bond donors (Lipinski definition) is 0. The van der Waals surface area contributed by atoms with E-state index in [1.54, 1.807) is 14.2 Å². The Morgan fingerprint density at radius 3 is 2.27 bits per heavy atom. The summed E-state index contributed by atoms with van der Waals surface area (Å²) < 4.78 is 37.6. The van der Waals surface area contributed by atoms with Gasteiger partial charge >= 0.3 is 5.97 Å². The maximum atomic E-state index is 11.7. The Kier molecular flexibility index (Phi) is 12.7. The normalized spacial score (nSPS) is 24.7. The van der Waals surface area contributed by atoms with Gasteiger partial charge in [-0.1, -0.05) is 65.0 Å². The standard InChI is InChI=1S/C29H50O7Si/c1-9-37(10-2,11-3)36-27-25(31-6)20-24(18-15-19-26(30)32-7)35-29(27,33-8)28(4,5)22-34-21-23-16-13-12-14-17-23/h12-14,16-17,24-25,27H,9-11,15,18-22H2,1-8H3/t24-,25+,27+,29-/m0/s1. The van der Waals surface area contributed by atoms with Crippen molar-refractivity contribution < 1.29 is 32.9 Å². The van der Waals surface area contributed by atoms with Crippen LogP contribution in [0.3, 0.4) is 0 Å². The fourth-order valence-corrected chi connectivity index (χ4v) is 8.32. The van der Waals surface area contributed by atoms with E-state index in [1.807, 2.05) is 18.2 Å². The molecule has 37 heavy (non-hydrogen) atoms. The van der Waals surface area contributed by atoms with Crippen molar-refractivity contribution >= 4 is 14.3 Å². The predicted octanol–water partition coefficient (Wildman–Crippen LogP) is 6.11. The molecule has 0 aromatic heterocycles. The van der Waals surface area contributed by atoms with Gasteiger partial charge in [-0.25, -0.2) is 0 Å². The molecule has 1 aromatic rings. The van der Waals surface area contributed by atoms with Crippen molar-refractivity contribution in [1.82, 2.24) is 0 Å². The Balaban J connectivity index is 2.38. The average molecular weight is 539 g/mol. The molecular formula is C29H50O7Si. The number of hydrogen-bond acceptors (Lipinski definition) is 7. The maximum Gasteiger partial charge on any atom is 0.305 e. The molecule has 0 spiro atoms. The topological polar surface area (TPSA) is 72.5 Å². The van der Waals surface area contributed by atoms with Crippen molar-refractivity contribution in [3.63, 3.8) is 0 Å². The van der Waals surface area contributed by atoms with E-state index in [1.165, 1.54) is 7.11 Å². The number of rotatable bonds is 16. The van der Waals surface area contributed by atoms with Crippen LogP contribution >= 0.6 is 0 Å². The summed E-state index contributed by atoms with van der Waals surface area (Å²) in [6, 6.07) is 13.2. The molecule has 4 atom stereocenters. The average Bonchev–Trinajstić information content (AvgIpc) is 2.92. The number of benzene rings is 1. The van der Waals surface area contributed by atoms with Gasteiger partial charge in [-0.05, 0) is 36.5 Å². The fourth-order valence-electron chi connectivity index (χ4n) is 5.47. The first kappa shape index (κ1) is 31.9. The molecule has 1 saturated heterocycles.